The molecular formula is C13H19O+. The van der Waals surface area contributed by atoms with E-state index in [4.69, 9.17) is 0 Å². The van der Waals surface area contributed by atoms with E-state index < -0.39 is 0 Å². The molecule has 1 aliphatic carbocycles. The zero-order valence-electron chi connectivity index (χ0n) is 8.91. The Bertz CT molecular complexity index is 225. The molecule has 0 aromatic carbocycles. The van der Waals surface area contributed by atoms with Crippen molar-refractivity contribution in [1.82, 2.24) is 0 Å². The van der Waals surface area contributed by atoms with Crippen molar-refractivity contribution in [3.05, 3.63) is 30.7 Å². The highest BCUT2D eigenvalue weighted by atomic mass is 16.1. The Morgan fingerprint density at radius 1 is 1.36 bits per heavy atom. The van der Waals surface area contributed by atoms with Gasteiger partial charge in [-0.1, -0.05) is 19.1 Å². The molecule has 0 aromatic heterocycles. The first-order valence-corrected chi connectivity index (χ1v) is 5.46. The fraction of sp³-hybridized carbons (Fsp3) is 0.538. The van der Waals surface area contributed by atoms with Crippen LogP contribution in [0.3, 0.4) is 0 Å². The van der Waals surface area contributed by atoms with Crippen molar-refractivity contribution in [3.8, 4) is 0 Å². The van der Waals surface area contributed by atoms with Gasteiger partial charge in [0.15, 0.2) is 0 Å². The van der Waals surface area contributed by atoms with Crippen LogP contribution in [0, 0.1) is 12.3 Å². The van der Waals surface area contributed by atoms with Crippen molar-refractivity contribution < 1.29 is 4.79 Å². The number of allylic oxidation sites excluding steroid dienone is 4. The summed E-state index contributed by atoms with van der Waals surface area (Å²) < 4.78 is 0. The highest BCUT2D eigenvalue weighted by Gasteiger charge is 2.10. The van der Waals surface area contributed by atoms with Crippen LogP contribution in [0.25, 0.3) is 0 Å². The lowest BCUT2D eigenvalue weighted by molar-refractivity contribution is -0.122. The minimum atomic E-state index is 0.203. The molecule has 0 N–H and O–H groups in total. The van der Waals surface area contributed by atoms with E-state index in [0.717, 1.165) is 32.1 Å². The van der Waals surface area contributed by atoms with E-state index in [1.807, 2.05) is 6.92 Å². The first-order valence-electron chi connectivity index (χ1n) is 5.46. The topological polar surface area (TPSA) is 17.1 Å². The molecule has 1 heteroatoms. The smallest absolute Gasteiger partial charge is 0.136 e. The van der Waals surface area contributed by atoms with E-state index in [-0.39, 0.29) is 5.92 Å². The van der Waals surface area contributed by atoms with Crippen molar-refractivity contribution in [2.24, 2.45) is 5.92 Å². The summed E-state index contributed by atoms with van der Waals surface area (Å²) in [7, 11) is 0. The molecule has 1 atom stereocenters. The third-order valence-electron chi connectivity index (χ3n) is 2.54. The van der Waals surface area contributed by atoms with Gasteiger partial charge >= 0.3 is 0 Å². The number of hydrogen-bond donors (Lipinski definition) is 0. The van der Waals surface area contributed by atoms with E-state index in [9.17, 15) is 4.79 Å². The zero-order chi connectivity index (χ0) is 10.2. The Balaban J connectivity index is 2.45. The van der Waals surface area contributed by atoms with Crippen LogP contribution >= 0.6 is 0 Å². The summed E-state index contributed by atoms with van der Waals surface area (Å²) in [6.07, 6.45) is 15.3. The Kier molecular flexibility index (Phi) is 5.13. The van der Waals surface area contributed by atoms with Crippen LogP contribution in [0.1, 0.15) is 39.0 Å². The van der Waals surface area contributed by atoms with E-state index >= 15 is 0 Å². The zero-order valence-corrected chi connectivity index (χ0v) is 8.91. The van der Waals surface area contributed by atoms with Crippen molar-refractivity contribution in [2.75, 3.05) is 0 Å². The SMILES string of the molecule is CC1CC=CC[CH+]C=CCCCC1=O. The second kappa shape index (κ2) is 6.47. The average molecular weight is 191 g/mol. The number of hydrogen-bond acceptors (Lipinski definition) is 1. The van der Waals surface area contributed by atoms with Crippen LogP contribution in [-0.4, -0.2) is 5.78 Å². The molecule has 0 saturated heterocycles. The third-order valence-corrected chi connectivity index (χ3v) is 2.54. The fourth-order valence-electron chi connectivity index (χ4n) is 1.52. The van der Waals surface area contributed by atoms with Gasteiger partial charge in [0.2, 0.25) is 0 Å². The molecule has 0 spiro atoms. The Morgan fingerprint density at radius 3 is 3.07 bits per heavy atom. The molecule has 0 fully saturated rings. The summed E-state index contributed by atoms with van der Waals surface area (Å²) in [6.45, 7) is 2.03. The van der Waals surface area contributed by atoms with Crippen molar-refractivity contribution >= 4 is 5.78 Å². The first kappa shape index (κ1) is 11.1. The van der Waals surface area contributed by atoms with Crippen LogP contribution in [-0.2, 0) is 4.79 Å². The molecule has 0 radical (unpaired) electrons. The average Bonchev–Trinajstić information content (AvgIpc) is 2.18. The predicted octanol–water partition coefficient (Wildman–Crippen LogP) is 3.47. The molecule has 14 heavy (non-hydrogen) atoms. The predicted molar refractivity (Wildman–Crippen MR) is 59.8 cm³/mol. The normalized spacial score (nSPS) is 24.9. The molecule has 76 valence electrons. The van der Waals surface area contributed by atoms with E-state index in [1.54, 1.807) is 0 Å². The van der Waals surface area contributed by atoms with Gasteiger partial charge in [0, 0.05) is 31.3 Å². The van der Waals surface area contributed by atoms with Crippen molar-refractivity contribution in [2.45, 2.75) is 39.0 Å². The lowest BCUT2D eigenvalue weighted by Crippen LogP contribution is -2.09. The van der Waals surface area contributed by atoms with Crippen LogP contribution in [0.2, 0.25) is 0 Å². The van der Waals surface area contributed by atoms with Crippen LogP contribution in [0.15, 0.2) is 24.3 Å². The van der Waals surface area contributed by atoms with Crippen LogP contribution < -0.4 is 0 Å². The lowest BCUT2D eigenvalue weighted by atomic mass is 9.97. The largest absolute Gasteiger partial charge is 0.299 e. The summed E-state index contributed by atoms with van der Waals surface area (Å²) >= 11 is 0. The van der Waals surface area contributed by atoms with Gasteiger partial charge in [-0.05, 0) is 12.8 Å². The number of ketones is 1. The first-order chi connectivity index (χ1) is 6.80. The summed E-state index contributed by atoms with van der Waals surface area (Å²) in [5.74, 6) is 0.613. The van der Waals surface area contributed by atoms with Crippen molar-refractivity contribution in [1.29, 1.82) is 0 Å². The van der Waals surface area contributed by atoms with Gasteiger partial charge in [0.25, 0.3) is 0 Å². The molecule has 1 nitrogen and oxygen atoms in total. The van der Waals surface area contributed by atoms with E-state index in [1.165, 1.54) is 0 Å². The van der Waals surface area contributed by atoms with Gasteiger partial charge in [0.1, 0.15) is 5.78 Å². The van der Waals surface area contributed by atoms with Gasteiger partial charge in [-0.3, -0.25) is 4.79 Å². The van der Waals surface area contributed by atoms with E-state index in [2.05, 4.69) is 30.7 Å². The third kappa shape index (κ3) is 4.31. The summed E-state index contributed by atoms with van der Waals surface area (Å²) in [4.78, 5) is 11.6. The van der Waals surface area contributed by atoms with Gasteiger partial charge in [-0.15, -0.1) is 0 Å². The Hall–Kier alpha value is -0.980. The van der Waals surface area contributed by atoms with Gasteiger partial charge in [-0.2, -0.15) is 0 Å². The maximum Gasteiger partial charge on any atom is 0.136 e. The van der Waals surface area contributed by atoms with Crippen LogP contribution in [0.4, 0.5) is 0 Å². The molecule has 0 bridgehead atoms. The summed E-state index contributed by atoms with van der Waals surface area (Å²) in [5.41, 5.74) is 0. The quantitative estimate of drug-likeness (QED) is 0.423. The monoisotopic (exact) mass is 191 g/mol. The van der Waals surface area contributed by atoms with Gasteiger partial charge in [0.05, 0.1) is 12.5 Å². The second-order valence-electron chi connectivity index (χ2n) is 3.87. The number of Topliss-reactive ketones (excluding diaryl/α,β-unsaturated/α-hetero) is 1. The van der Waals surface area contributed by atoms with E-state index in [0.29, 0.717) is 5.78 Å². The molecule has 1 rings (SSSR count). The molecule has 1 aliphatic rings. The lowest BCUT2D eigenvalue weighted by Gasteiger charge is -2.06. The summed E-state index contributed by atoms with van der Waals surface area (Å²) in [5, 5.41) is 0. The van der Waals surface area contributed by atoms with Gasteiger partial charge < -0.3 is 0 Å². The highest BCUT2D eigenvalue weighted by Crippen LogP contribution is 2.11. The molecule has 0 aliphatic heterocycles. The maximum absolute atomic E-state index is 11.6. The Labute approximate surface area is 86.9 Å². The molecule has 0 heterocycles. The molecule has 0 saturated carbocycles. The number of carbonyl (C=O) groups is 1. The minimum absolute atomic E-state index is 0.203. The molecule has 0 amide bonds. The van der Waals surface area contributed by atoms with Crippen LogP contribution in [0.5, 0.6) is 0 Å². The standard InChI is InChI=1S/C13H19O/c1-12-10-8-6-4-2-3-5-7-9-11-13(12)14/h2-3,5-6,8,12H,4,7,9-11H2,1H3/q+1. The molecule has 0 aromatic rings. The molecular weight excluding hydrogens is 172 g/mol. The second-order valence-corrected chi connectivity index (χ2v) is 3.87. The Morgan fingerprint density at radius 2 is 2.21 bits per heavy atom. The fourth-order valence-corrected chi connectivity index (χ4v) is 1.52. The summed E-state index contributed by atoms with van der Waals surface area (Å²) in [6, 6.07) is 0. The minimum Gasteiger partial charge on any atom is -0.299 e. The number of rotatable bonds is 0. The molecule has 1 unspecified atom stereocenters. The maximum atomic E-state index is 11.6. The van der Waals surface area contributed by atoms with Gasteiger partial charge in [-0.25, -0.2) is 0 Å². The van der Waals surface area contributed by atoms with Crippen molar-refractivity contribution in [3.63, 3.8) is 0 Å². The highest BCUT2D eigenvalue weighted by molar-refractivity contribution is 5.80. The number of carbonyl (C=O) groups excluding carboxylic acids is 1.